The zero-order valence-corrected chi connectivity index (χ0v) is 10.2. The van der Waals surface area contributed by atoms with Crippen molar-refractivity contribution in [2.75, 3.05) is 13.2 Å². The van der Waals surface area contributed by atoms with Gasteiger partial charge in [0.1, 0.15) is 11.9 Å². The Kier molecular flexibility index (Phi) is 4.03. The Morgan fingerprint density at radius 1 is 1.33 bits per heavy atom. The predicted molar refractivity (Wildman–Crippen MR) is 63.5 cm³/mol. The second-order valence-corrected chi connectivity index (χ2v) is 4.30. The minimum Gasteiger partial charge on any atom is -0.488 e. The first-order valence-corrected chi connectivity index (χ1v) is 6.40. The summed E-state index contributed by atoms with van der Waals surface area (Å²) in [5.74, 6) is 0.940. The van der Waals surface area contributed by atoms with Crippen molar-refractivity contribution in [3.05, 3.63) is 29.8 Å². The molecule has 1 aliphatic heterocycles. The van der Waals surface area contributed by atoms with Gasteiger partial charge in [0, 0.05) is 11.9 Å². The first kappa shape index (κ1) is 11.0. The van der Waals surface area contributed by atoms with E-state index in [1.54, 1.807) is 0 Å². The maximum Gasteiger partial charge on any atom is 0.122 e. The number of hydrogen-bond donors (Lipinski definition) is 0. The van der Waals surface area contributed by atoms with Crippen molar-refractivity contribution in [1.82, 2.24) is 0 Å². The fourth-order valence-electron chi connectivity index (χ4n) is 1.65. The van der Waals surface area contributed by atoms with Crippen LogP contribution in [0.25, 0.3) is 0 Å². The zero-order valence-electron chi connectivity index (χ0n) is 8.62. The molecule has 1 aromatic carbocycles. The summed E-state index contributed by atoms with van der Waals surface area (Å²) < 4.78 is 11.2. The van der Waals surface area contributed by atoms with Gasteiger partial charge in [0.15, 0.2) is 0 Å². The summed E-state index contributed by atoms with van der Waals surface area (Å²) in [6.07, 6.45) is 2.43. The SMILES string of the molecule is BrCc1ccc(OC2CCCOC2)cc1. The van der Waals surface area contributed by atoms with Crippen molar-refractivity contribution in [1.29, 1.82) is 0 Å². The number of halogens is 1. The highest BCUT2D eigenvalue weighted by molar-refractivity contribution is 9.08. The number of alkyl halides is 1. The van der Waals surface area contributed by atoms with Gasteiger partial charge in [-0.15, -0.1) is 0 Å². The largest absolute Gasteiger partial charge is 0.488 e. The average Bonchev–Trinajstić information content (AvgIpc) is 2.31. The van der Waals surface area contributed by atoms with Gasteiger partial charge >= 0.3 is 0 Å². The first-order valence-electron chi connectivity index (χ1n) is 5.28. The second kappa shape index (κ2) is 5.52. The summed E-state index contributed by atoms with van der Waals surface area (Å²) >= 11 is 3.42. The highest BCUT2D eigenvalue weighted by atomic mass is 79.9. The van der Waals surface area contributed by atoms with Crippen LogP contribution in [0.1, 0.15) is 18.4 Å². The molecule has 0 amide bonds. The molecule has 0 bridgehead atoms. The van der Waals surface area contributed by atoms with Crippen molar-refractivity contribution in [2.45, 2.75) is 24.3 Å². The van der Waals surface area contributed by atoms with Crippen molar-refractivity contribution in [3.8, 4) is 5.75 Å². The standard InChI is InChI=1S/C12H15BrO2/c13-8-10-3-5-11(6-4-10)15-12-2-1-7-14-9-12/h3-6,12H,1-2,7-9H2. The lowest BCUT2D eigenvalue weighted by molar-refractivity contribution is 0.00743. The van der Waals surface area contributed by atoms with Gasteiger partial charge in [-0.25, -0.2) is 0 Å². The smallest absolute Gasteiger partial charge is 0.122 e. The molecule has 2 rings (SSSR count). The molecule has 1 aromatic rings. The minimum atomic E-state index is 0.230. The molecule has 1 fully saturated rings. The van der Waals surface area contributed by atoms with Crippen molar-refractivity contribution < 1.29 is 9.47 Å². The molecule has 1 atom stereocenters. The van der Waals surface area contributed by atoms with Gasteiger partial charge in [0.25, 0.3) is 0 Å². The molecule has 82 valence electrons. The fourth-order valence-corrected chi connectivity index (χ4v) is 2.03. The molecule has 1 aliphatic rings. The summed E-state index contributed by atoms with van der Waals surface area (Å²) in [5.41, 5.74) is 1.27. The van der Waals surface area contributed by atoms with E-state index in [1.165, 1.54) is 5.56 Å². The maximum absolute atomic E-state index is 5.81. The van der Waals surface area contributed by atoms with E-state index in [4.69, 9.17) is 9.47 Å². The molecule has 0 aromatic heterocycles. The normalized spacial score (nSPS) is 21.3. The molecule has 15 heavy (non-hydrogen) atoms. The van der Waals surface area contributed by atoms with Crippen LogP contribution >= 0.6 is 15.9 Å². The summed E-state index contributed by atoms with van der Waals surface area (Å²) in [5, 5.41) is 0.889. The van der Waals surface area contributed by atoms with Crippen molar-refractivity contribution in [3.63, 3.8) is 0 Å². The van der Waals surface area contributed by atoms with Crippen LogP contribution in [0.15, 0.2) is 24.3 Å². The number of benzene rings is 1. The number of rotatable bonds is 3. The lowest BCUT2D eigenvalue weighted by Gasteiger charge is -2.23. The molecule has 0 spiro atoms. The Bertz CT molecular complexity index is 291. The molecule has 0 saturated carbocycles. The van der Waals surface area contributed by atoms with E-state index in [2.05, 4.69) is 28.1 Å². The van der Waals surface area contributed by atoms with Crippen molar-refractivity contribution in [2.24, 2.45) is 0 Å². The van der Waals surface area contributed by atoms with Gasteiger partial charge in [-0.1, -0.05) is 28.1 Å². The van der Waals surface area contributed by atoms with E-state index < -0.39 is 0 Å². The summed E-state index contributed by atoms with van der Waals surface area (Å²) in [7, 11) is 0. The number of hydrogen-bond acceptors (Lipinski definition) is 2. The third kappa shape index (κ3) is 3.21. The molecule has 2 nitrogen and oxygen atoms in total. The molecule has 0 aliphatic carbocycles. The Morgan fingerprint density at radius 2 is 2.13 bits per heavy atom. The van der Waals surface area contributed by atoms with Crippen LogP contribution in [0.4, 0.5) is 0 Å². The van der Waals surface area contributed by atoms with Crippen LogP contribution in [0.3, 0.4) is 0 Å². The summed E-state index contributed by atoms with van der Waals surface area (Å²) in [6.45, 7) is 1.60. The molecule has 0 N–H and O–H groups in total. The summed E-state index contributed by atoms with van der Waals surface area (Å²) in [4.78, 5) is 0. The van der Waals surface area contributed by atoms with Gasteiger partial charge in [0.05, 0.1) is 6.61 Å². The fraction of sp³-hybridized carbons (Fsp3) is 0.500. The Balaban J connectivity index is 1.91. The molecule has 1 saturated heterocycles. The Labute approximate surface area is 98.7 Å². The zero-order chi connectivity index (χ0) is 10.5. The molecule has 3 heteroatoms. The van der Waals surface area contributed by atoms with Crippen LogP contribution in [-0.4, -0.2) is 19.3 Å². The molecular weight excluding hydrogens is 256 g/mol. The highest BCUT2D eigenvalue weighted by Gasteiger charge is 2.14. The number of ether oxygens (including phenoxy) is 2. The molecular formula is C12H15BrO2. The third-order valence-corrected chi connectivity index (χ3v) is 3.15. The lowest BCUT2D eigenvalue weighted by atomic mass is 10.2. The van der Waals surface area contributed by atoms with Crippen LogP contribution in [0, 0.1) is 0 Å². The molecule has 1 unspecified atom stereocenters. The summed E-state index contributed by atoms with van der Waals surface area (Å²) in [6, 6.07) is 8.19. The van der Waals surface area contributed by atoms with E-state index in [9.17, 15) is 0 Å². The van der Waals surface area contributed by atoms with Gasteiger partial charge in [-0.2, -0.15) is 0 Å². The lowest BCUT2D eigenvalue weighted by Crippen LogP contribution is -2.27. The van der Waals surface area contributed by atoms with E-state index in [0.29, 0.717) is 0 Å². The van der Waals surface area contributed by atoms with Gasteiger partial charge < -0.3 is 9.47 Å². The Hall–Kier alpha value is -0.540. The predicted octanol–water partition coefficient (Wildman–Crippen LogP) is 3.14. The molecule has 1 heterocycles. The van der Waals surface area contributed by atoms with E-state index >= 15 is 0 Å². The second-order valence-electron chi connectivity index (χ2n) is 3.73. The van der Waals surface area contributed by atoms with Gasteiger partial charge in [-0.05, 0) is 30.5 Å². The van der Waals surface area contributed by atoms with E-state index in [0.717, 1.165) is 37.1 Å². The van der Waals surface area contributed by atoms with Crippen molar-refractivity contribution >= 4 is 15.9 Å². The van der Waals surface area contributed by atoms with Crippen LogP contribution in [0.5, 0.6) is 5.75 Å². The van der Waals surface area contributed by atoms with E-state index in [-0.39, 0.29) is 6.10 Å². The monoisotopic (exact) mass is 270 g/mol. The van der Waals surface area contributed by atoms with Gasteiger partial charge in [0.2, 0.25) is 0 Å². The van der Waals surface area contributed by atoms with Gasteiger partial charge in [-0.3, -0.25) is 0 Å². The Morgan fingerprint density at radius 3 is 2.73 bits per heavy atom. The van der Waals surface area contributed by atoms with Crippen LogP contribution in [-0.2, 0) is 10.1 Å². The topological polar surface area (TPSA) is 18.5 Å². The quantitative estimate of drug-likeness (QED) is 0.786. The average molecular weight is 271 g/mol. The highest BCUT2D eigenvalue weighted by Crippen LogP contribution is 2.18. The maximum atomic E-state index is 5.81. The minimum absolute atomic E-state index is 0.230. The van der Waals surface area contributed by atoms with Crippen LogP contribution < -0.4 is 4.74 Å². The molecule has 0 radical (unpaired) electrons. The van der Waals surface area contributed by atoms with E-state index in [1.807, 2.05) is 12.1 Å². The third-order valence-electron chi connectivity index (χ3n) is 2.50. The first-order chi connectivity index (χ1) is 7.38. The van der Waals surface area contributed by atoms with Crippen LogP contribution in [0.2, 0.25) is 0 Å².